The van der Waals surface area contributed by atoms with Crippen molar-refractivity contribution in [2.24, 2.45) is 0 Å². The lowest BCUT2D eigenvalue weighted by Gasteiger charge is -2.44. The van der Waals surface area contributed by atoms with Crippen LogP contribution in [0.3, 0.4) is 0 Å². The third kappa shape index (κ3) is 10.6. The molecule has 0 atom stereocenters. The number of furan rings is 1. The lowest BCUT2D eigenvalue weighted by atomic mass is 9.33. The van der Waals surface area contributed by atoms with Crippen LogP contribution < -0.4 is 26.2 Å². The summed E-state index contributed by atoms with van der Waals surface area (Å²) in [5.74, 6) is 0. The highest BCUT2D eigenvalue weighted by molar-refractivity contribution is 7.27. The molecule has 24 aromatic rings. The minimum absolute atomic E-state index is 0.0563. The van der Waals surface area contributed by atoms with Crippen LogP contribution in [0.15, 0.2) is 344 Å². The molecule has 0 bridgehead atoms. The number of anilines is 6. The molecule has 0 saturated carbocycles. The van der Waals surface area contributed by atoms with Crippen LogP contribution in [0, 0.1) is 0 Å². The van der Waals surface area contributed by atoms with E-state index in [1.54, 1.807) is 53.8 Å². The quantitative estimate of drug-likeness (QED) is 0.149. The predicted molar refractivity (Wildman–Crippen MR) is 547 cm³/mol. The second kappa shape index (κ2) is 26.5. The molecule has 0 saturated heterocycles. The van der Waals surface area contributed by atoms with Crippen molar-refractivity contribution in [1.29, 1.82) is 0 Å². The summed E-state index contributed by atoms with van der Waals surface area (Å²) in [4.78, 5) is 4.16. The van der Waals surface area contributed by atoms with E-state index in [1.807, 2.05) is 35.2 Å². The SMILES string of the molecule is [2H]c1c([2H])c([2H])c2c(c1[2H])c1c([2H])c([2H])c([2H])c([2H])c1n2-c1ccc2c(c1)N(c1cccc3c1oc1c(-n4c5c([2H])c([2H])c([2H])c([2H])c5c5c([2H])c([2H])c([2H])c([2H])c54)cccc13)c1cc(-n3c4c([2H])c([2H])c([2H])c([2H])c4c4c([2H])c([2H])c([2H])c([2H])c43)cc3c1B2c1ccc(-n2c4ccc(C(C)(C)C)cc4c4cc(C(C)(C)C)ccc42)cc1N3c1cccc2c1sc1c(-n3c4ccc(C(C)(C)C)cc4c4cc(C(C)(C)C)ccc43)cccc12. The van der Waals surface area contributed by atoms with Crippen LogP contribution in [-0.2, 0) is 21.7 Å². The Kier molecular flexibility index (Phi) is 11.3. The minimum atomic E-state index is -0.978. The number of rotatable bonds is 7. The fourth-order valence-electron chi connectivity index (χ4n) is 20.6. The zero-order chi connectivity index (χ0) is 107. The summed E-state index contributed by atoms with van der Waals surface area (Å²) in [5, 5.41) is 5.61. The van der Waals surface area contributed by atoms with Crippen molar-refractivity contribution in [3.05, 3.63) is 361 Å². The number of para-hydroxylation sites is 8. The fourth-order valence-corrected chi connectivity index (χ4v) is 21.9. The summed E-state index contributed by atoms with van der Waals surface area (Å²) < 4.78 is 250. The predicted octanol–water partition coefficient (Wildman–Crippen LogP) is 30.7. The lowest BCUT2D eigenvalue weighted by molar-refractivity contribution is 0.590. The van der Waals surface area contributed by atoms with Gasteiger partial charge in [-0.1, -0.05) is 277 Å². The van der Waals surface area contributed by atoms with E-state index in [4.69, 9.17) is 7.16 Å². The molecule has 2 aliphatic heterocycles. The van der Waals surface area contributed by atoms with Gasteiger partial charge in [0.1, 0.15) is 0 Å². The van der Waals surface area contributed by atoms with Crippen LogP contribution in [0.4, 0.5) is 34.1 Å². The Hall–Kier alpha value is -14.6. The smallest absolute Gasteiger partial charge is 0.252 e. The van der Waals surface area contributed by atoms with E-state index in [0.717, 1.165) is 86.3 Å². The Morgan fingerprint density at radius 3 is 0.938 bits per heavy atom. The average Bonchev–Trinajstić information content (AvgIpc) is 1.24. The highest BCUT2D eigenvalue weighted by atomic mass is 32.1. The molecule has 9 heterocycles. The molecule has 2 aliphatic rings. The van der Waals surface area contributed by atoms with Gasteiger partial charge < -0.3 is 37.1 Å². The van der Waals surface area contributed by atoms with Gasteiger partial charge in [-0.3, -0.25) is 0 Å². The van der Waals surface area contributed by atoms with Gasteiger partial charge in [0.15, 0.2) is 11.2 Å². The van der Waals surface area contributed by atoms with Gasteiger partial charge in [0, 0.05) is 110 Å². The van der Waals surface area contributed by atoms with Gasteiger partial charge in [0.2, 0.25) is 0 Å². The molecule has 0 fully saturated rings. The summed E-state index contributed by atoms with van der Waals surface area (Å²) in [5.41, 5.74) is 12.6. The van der Waals surface area contributed by atoms with Gasteiger partial charge in [0.05, 0.1) is 126 Å². The zero-order valence-corrected chi connectivity index (χ0v) is 72.8. The van der Waals surface area contributed by atoms with Gasteiger partial charge >= 0.3 is 0 Å². The first-order valence-corrected chi connectivity index (χ1v) is 44.0. The summed E-state index contributed by atoms with van der Waals surface area (Å²) in [7, 11) is 0. The van der Waals surface area contributed by atoms with Crippen molar-refractivity contribution >= 4 is 220 Å². The number of thiophene rings is 1. The largest absolute Gasteiger partial charge is 0.452 e. The summed E-state index contributed by atoms with van der Waals surface area (Å²) in [6, 6.07) is 50.8. The third-order valence-electron chi connectivity index (χ3n) is 26.8. The maximum absolute atomic E-state index is 10.4. The van der Waals surface area contributed by atoms with Crippen LogP contribution in [-0.4, -0.2) is 29.5 Å². The number of nitrogens with zero attached hydrogens (tertiary/aromatic N) is 7. The monoisotopic (exact) mass is 1690 g/mol. The van der Waals surface area contributed by atoms with Crippen molar-refractivity contribution < 1.29 is 37.3 Å². The molecule has 0 amide bonds. The van der Waals surface area contributed by atoms with E-state index < -0.39 is 152 Å². The number of fused-ring (bicyclic) bond motifs is 25. The average molecular weight is 1690 g/mol. The van der Waals surface area contributed by atoms with Crippen molar-refractivity contribution in [1.82, 2.24) is 22.8 Å². The van der Waals surface area contributed by atoms with E-state index in [0.29, 0.717) is 44.2 Å². The molecule has 26 rings (SSSR count). The summed E-state index contributed by atoms with van der Waals surface area (Å²) in [6.07, 6.45) is 0. The molecule has 614 valence electrons. The molecule has 0 radical (unpaired) electrons. The molecule has 0 N–H and O–H groups in total. The fraction of sp³-hybridized carbons (Fsp3) is 0.136. The van der Waals surface area contributed by atoms with E-state index in [1.165, 1.54) is 24.8 Å². The Morgan fingerprint density at radius 2 is 0.539 bits per heavy atom. The number of aromatic nitrogens is 5. The first-order chi connectivity index (χ1) is 72.0. The van der Waals surface area contributed by atoms with Crippen molar-refractivity contribution in [2.45, 2.75) is 105 Å². The van der Waals surface area contributed by atoms with Crippen LogP contribution in [0.1, 0.15) is 138 Å². The van der Waals surface area contributed by atoms with Crippen LogP contribution >= 0.6 is 11.3 Å². The molecule has 128 heavy (non-hydrogen) atoms. The molecule has 17 aromatic carbocycles. The normalized spacial score (nSPS) is 16.0. The molecule has 10 heteroatoms. The molecule has 8 nitrogen and oxygen atoms in total. The first kappa shape index (κ1) is 54.3. The van der Waals surface area contributed by atoms with Crippen LogP contribution in [0.2, 0.25) is 0 Å². The van der Waals surface area contributed by atoms with Gasteiger partial charge in [-0.2, -0.15) is 0 Å². The second-order valence-electron chi connectivity index (χ2n) is 38.3. The number of benzene rings is 17. The van der Waals surface area contributed by atoms with Gasteiger partial charge in [0.25, 0.3) is 6.71 Å². The standard InChI is InChI=1S/C118H92BN7OS/c1-115(2,3)69-49-57-98-86(61-69)87-62-70(116(4,5)6)50-58-99(87)121(98)74-54-56-91-107(66-74)126(105-48-28-38-85-84-37-27-47-104(113(84)128-114(85)105)124-100-59-51-71(117(7,8)9)63-88(100)89-64-72(118(10,11)12)52-60-101(89)124)109-68-75(122-94-41-21-15-31-78(94)79-32-16-22-42-95(79)122)67-108-110(109)119(91)90-55-53-73(120-92-39-19-13-29-76(92)77-30-14-20-40-93(77)120)65-106(90)125(108)103-46-26-36-83-82-35-25-45-102(111(82)127-112(83)103)123-96-43-23-17-33-80(96)81-34-18-24-44-97(81)123/h13-68H,1-12H3/i13D,14D,15D,16D,17D,18D,19D,20D,21D,22D,23D,24D,29D,30D,31D,32D,33D,34D,39D,40D,41D,42D,43D,44D. The number of hydrogen-bond donors (Lipinski definition) is 0. The van der Waals surface area contributed by atoms with Crippen LogP contribution in [0.5, 0.6) is 0 Å². The number of hydrogen-bond acceptors (Lipinski definition) is 4. The maximum Gasteiger partial charge on any atom is 0.252 e. The first-order valence-electron chi connectivity index (χ1n) is 55.2. The van der Waals surface area contributed by atoms with E-state index in [-0.39, 0.29) is 132 Å². The van der Waals surface area contributed by atoms with E-state index >= 15 is 0 Å². The van der Waals surface area contributed by atoms with E-state index in [9.17, 15) is 30.2 Å². The maximum atomic E-state index is 10.4. The third-order valence-corrected chi connectivity index (χ3v) is 28.1. The van der Waals surface area contributed by atoms with Gasteiger partial charge in [-0.05, 0) is 206 Å². The summed E-state index contributed by atoms with van der Waals surface area (Å²) >= 11 is 1.61. The topological polar surface area (TPSA) is 44.3 Å². The van der Waals surface area contributed by atoms with Crippen molar-refractivity contribution in [3.8, 4) is 28.4 Å². The van der Waals surface area contributed by atoms with E-state index in [2.05, 4.69) is 218 Å². The molecular formula is C118H92BN7OS. The molecule has 7 aromatic heterocycles. The highest BCUT2D eigenvalue weighted by Crippen LogP contribution is 2.55. The zero-order valence-electron chi connectivity index (χ0n) is 96.0. The molecule has 0 aliphatic carbocycles. The highest BCUT2D eigenvalue weighted by Gasteiger charge is 2.46. The van der Waals surface area contributed by atoms with Crippen molar-refractivity contribution in [3.63, 3.8) is 0 Å². The minimum Gasteiger partial charge on any atom is -0.452 e. The lowest BCUT2D eigenvalue weighted by Crippen LogP contribution is -2.61. The Balaban J connectivity index is 0.853. The van der Waals surface area contributed by atoms with Gasteiger partial charge in [-0.15, -0.1) is 11.3 Å². The van der Waals surface area contributed by atoms with Gasteiger partial charge in [-0.25, -0.2) is 0 Å². The Labute approximate surface area is 780 Å². The van der Waals surface area contributed by atoms with Crippen molar-refractivity contribution in [2.75, 3.05) is 9.80 Å². The summed E-state index contributed by atoms with van der Waals surface area (Å²) in [6.45, 7) is 25.6. The second-order valence-corrected chi connectivity index (χ2v) is 39.3. The van der Waals surface area contributed by atoms with Crippen LogP contribution in [0.25, 0.3) is 180 Å². The Bertz CT molecular complexity index is 10200. The molecule has 0 spiro atoms. The Morgan fingerprint density at radius 1 is 0.242 bits per heavy atom. The molecule has 0 unspecified atom stereocenters. The molecular weight excluding hydrogens is 1570 g/mol.